The third kappa shape index (κ3) is 4.83. The Balaban J connectivity index is 1.84. The second-order valence-electron chi connectivity index (χ2n) is 5.33. The van der Waals surface area contributed by atoms with Crippen LogP contribution in [0.25, 0.3) is 0 Å². The van der Waals surface area contributed by atoms with Gasteiger partial charge in [-0.15, -0.1) is 11.8 Å². The highest BCUT2D eigenvalue weighted by Crippen LogP contribution is 2.33. The van der Waals surface area contributed by atoms with Crippen LogP contribution in [0, 0.1) is 0 Å². The molecule has 0 saturated heterocycles. The number of hydrogen-bond acceptors (Lipinski definition) is 3. The van der Waals surface area contributed by atoms with E-state index in [1.807, 2.05) is 11.8 Å². The lowest BCUT2D eigenvalue weighted by molar-refractivity contribution is 0.137. The molecule has 1 aliphatic carbocycles. The van der Waals surface area contributed by atoms with E-state index in [0.29, 0.717) is 5.25 Å². The molecule has 1 aromatic rings. The molecule has 2 unspecified atom stereocenters. The van der Waals surface area contributed by atoms with E-state index in [1.165, 1.54) is 29.7 Å². The van der Waals surface area contributed by atoms with Gasteiger partial charge in [-0.25, -0.2) is 0 Å². The summed E-state index contributed by atoms with van der Waals surface area (Å²) >= 11 is 1.84. The molecule has 2 N–H and O–H groups in total. The van der Waals surface area contributed by atoms with E-state index in [9.17, 15) is 5.11 Å². The number of hydrogen-bond donors (Lipinski definition) is 2. The molecule has 3 heteroatoms. The van der Waals surface area contributed by atoms with Gasteiger partial charge in [0.15, 0.2) is 0 Å². The molecule has 0 aromatic heterocycles. The van der Waals surface area contributed by atoms with Gasteiger partial charge in [-0.2, -0.15) is 0 Å². The Hall–Kier alpha value is -0.510. The Labute approximate surface area is 121 Å². The Morgan fingerprint density at radius 2 is 1.95 bits per heavy atom. The van der Waals surface area contributed by atoms with E-state index in [4.69, 9.17) is 0 Å². The van der Waals surface area contributed by atoms with Crippen molar-refractivity contribution in [2.24, 2.45) is 0 Å². The van der Waals surface area contributed by atoms with Gasteiger partial charge >= 0.3 is 0 Å². The molecule has 2 rings (SSSR count). The van der Waals surface area contributed by atoms with Crippen LogP contribution in [0.1, 0.15) is 44.6 Å². The zero-order valence-electron chi connectivity index (χ0n) is 11.8. The van der Waals surface area contributed by atoms with Crippen LogP contribution >= 0.6 is 11.8 Å². The maximum atomic E-state index is 10.00. The van der Waals surface area contributed by atoms with Crippen molar-refractivity contribution >= 4 is 11.8 Å². The van der Waals surface area contributed by atoms with Gasteiger partial charge in [-0.1, -0.05) is 31.9 Å². The summed E-state index contributed by atoms with van der Waals surface area (Å²) in [5.41, 5.74) is 1.34. The Morgan fingerprint density at radius 1 is 1.21 bits per heavy atom. The van der Waals surface area contributed by atoms with E-state index in [0.717, 1.165) is 25.9 Å². The molecule has 1 fully saturated rings. The van der Waals surface area contributed by atoms with Crippen LogP contribution in [-0.4, -0.2) is 23.0 Å². The van der Waals surface area contributed by atoms with E-state index in [1.54, 1.807) is 0 Å². The molecule has 0 amide bonds. The summed E-state index contributed by atoms with van der Waals surface area (Å²) in [5, 5.41) is 13.8. The average molecular weight is 279 g/mol. The van der Waals surface area contributed by atoms with Gasteiger partial charge < -0.3 is 10.4 Å². The van der Waals surface area contributed by atoms with E-state index < -0.39 is 0 Å². The van der Waals surface area contributed by atoms with Gasteiger partial charge in [0.05, 0.1) is 6.10 Å². The van der Waals surface area contributed by atoms with Gasteiger partial charge in [0.1, 0.15) is 0 Å². The molecule has 1 aliphatic rings. The maximum Gasteiger partial charge on any atom is 0.0662 e. The minimum absolute atomic E-state index is 0.121. The molecular formula is C16H25NOS. The maximum absolute atomic E-state index is 10.00. The number of rotatable bonds is 6. The lowest BCUT2D eigenvalue weighted by Gasteiger charge is -2.26. The van der Waals surface area contributed by atoms with Gasteiger partial charge in [-0.3, -0.25) is 0 Å². The van der Waals surface area contributed by atoms with Gasteiger partial charge in [0.25, 0.3) is 0 Å². The molecular weight excluding hydrogens is 254 g/mol. The summed E-state index contributed by atoms with van der Waals surface area (Å²) in [6, 6.07) is 8.77. The predicted molar refractivity (Wildman–Crippen MR) is 82.6 cm³/mol. The minimum atomic E-state index is -0.121. The summed E-state index contributed by atoms with van der Waals surface area (Å²) in [7, 11) is 0. The van der Waals surface area contributed by atoms with Crippen molar-refractivity contribution in [3.63, 3.8) is 0 Å². The van der Waals surface area contributed by atoms with Crippen LogP contribution in [0.2, 0.25) is 0 Å². The highest BCUT2D eigenvalue weighted by molar-refractivity contribution is 8.00. The highest BCUT2D eigenvalue weighted by Gasteiger charge is 2.23. The van der Waals surface area contributed by atoms with Gasteiger partial charge in [-0.05, 0) is 43.5 Å². The predicted octanol–water partition coefficient (Wildman–Crippen LogP) is 3.58. The fraction of sp³-hybridized carbons (Fsp3) is 0.625. The van der Waals surface area contributed by atoms with Gasteiger partial charge in [0.2, 0.25) is 0 Å². The molecule has 2 nitrogen and oxygen atoms in total. The van der Waals surface area contributed by atoms with Crippen LogP contribution in [-0.2, 0) is 6.54 Å². The van der Waals surface area contributed by atoms with E-state index in [2.05, 4.69) is 36.5 Å². The summed E-state index contributed by atoms with van der Waals surface area (Å²) in [6.45, 7) is 4.21. The lowest BCUT2D eigenvalue weighted by atomic mass is 9.97. The van der Waals surface area contributed by atoms with Crippen molar-refractivity contribution in [1.29, 1.82) is 0 Å². The zero-order chi connectivity index (χ0) is 13.5. The molecule has 0 aliphatic heterocycles. The molecule has 0 radical (unpaired) electrons. The summed E-state index contributed by atoms with van der Waals surface area (Å²) < 4.78 is 0. The number of aliphatic hydroxyl groups is 1. The Bertz CT molecular complexity index is 366. The molecule has 106 valence electrons. The number of thioether (sulfide) groups is 1. The topological polar surface area (TPSA) is 32.3 Å². The second-order valence-corrected chi connectivity index (χ2v) is 6.64. The van der Waals surface area contributed by atoms with Crippen LogP contribution in [0.15, 0.2) is 29.2 Å². The van der Waals surface area contributed by atoms with Crippen molar-refractivity contribution in [2.75, 3.05) is 6.54 Å². The number of aliphatic hydroxyl groups excluding tert-OH is 1. The second kappa shape index (κ2) is 7.93. The van der Waals surface area contributed by atoms with Crippen molar-refractivity contribution in [3.05, 3.63) is 29.8 Å². The standard InChI is InChI=1S/C16H25NOS/c1-2-11-17-12-13-7-9-14(10-8-13)19-16-6-4-3-5-15(16)18/h7-10,15-18H,2-6,11-12H2,1H3. The minimum Gasteiger partial charge on any atom is -0.392 e. The first-order chi connectivity index (χ1) is 9.29. The average Bonchev–Trinajstić information content (AvgIpc) is 2.44. The monoisotopic (exact) mass is 279 g/mol. The summed E-state index contributed by atoms with van der Waals surface area (Å²) in [4.78, 5) is 1.28. The van der Waals surface area contributed by atoms with Crippen molar-refractivity contribution < 1.29 is 5.11 Å². The van der Waals surface area contributed by atoms with Gasteiger partial charge in [0, 0.05) is 16.7 Å². The number of benzene rings is 1. The third-order valence-electron chi connectivity index (χ3n) is 3.63. The number of nitrogens with one attached hydrogen (secondary N) is 1. The molecule has 0 spiro atoms. The molecule has 19 heavy (non-hydrogen) atoms. The normalized spacial score (nSPS) is 23.5. The first-order valence-electron chi connectivity index (χ1n) is 7.44. The van der Waals surface area contributed by atoms with Crippen LogP contribution in [0.5, 0.6) is 0 Å². The van der Waals surface area contributed by atoms with Crippen LogP contribution in [0.4, 0.5) is 0 Å². The van der Waals surface area contributed by atoms with Crippen LogP contribution in [0.3, 0.4) is 0 Å². The summed E-state index contributed by atoms with van der Waals surface area (Å²) in [6.07, 6.45) is 5.61. The third-order valence-corrected chi connectivity index (χ3v) is 5.03. The van der Waals surface area contributed by atoms with Crippen molar-refractivity contribution in [2.45, 2.75) is 61.8 Å². The molecule has 1 aromatic carbocycles. The molecule has 0 heterocycles. The van der Waals surface area contributed by atoms with E-state index >= 15 is 0 Å². The smallest absolute Gasteiger partial charge is 0.0662 e. The molecule has 1 saturated carbocycles. The quantitative estimate of drug-likeness (QED) is 0.781. The molecule has 0 bridgehead atoms. The largest absolute Gasteiger partial charge is 0.392 e. The van der Waals surface area contributed by atoms with E-state index in [-0.39, 0.29) is 6.10 Å². The zero-order valence-corrected chi connectivity index (χ0v) is 12.6. The summed E-state index contributed by atoms with van der Waals surface area (Å²) in [5.74, 6) is 0. The van der Waals surface area contributed by atoms with Crippen molar-refractivity contribution in [3.8, 4) is 0 Å². The lowest BCUT2D eigenvalue weighted by Crippen LogP contribution is -2.26. The SMILES string of the molecule is CCCNCc1ccc(SC2CCCCC2O)cc1. The fourth-order valence-electron chi connectivity index (χ4n) is 2.48. The highest BCUT2D eigenvalue weighted by atomic mass is 32.2. The first kappa shape index (κ1) is 14.9. The molecule has 2 atom stereocenters. The fourth-order valence-corrected chi connectivity index (χ4v) is 3.71. The Kier molecular flexibility index (Phi) is 6.21. The van der Waals surface area contributed by atoms with Crippen LogP contribution < -0.4 is 5.32 Å². The van der Waals surface area contributed by atoms with Crippen molar-refractivity contribution in [1.82, 2.24) is 5.32 Å². The first-order valence-corrected chi connectivity index (χ1v) is 8.32. The Morgan fingerprint density at radius 3 is 2.63 bits per heavy atom.